The van der Waals surface area contributed by atoms with Gasteiger partial charge in [-0.3, -0.25) is 4.79 Å². The first-order valence-corrected chi connectivity index (χ1v) is 7.10. The van der Waals surface area contributed by atoms with Crippen molar-refractivity contribution < 1.29 is 19.1 Å². The summed E-state index contributed by atoms with van der Waals surface area (Å²) < 4.78 is 15.2. The molecule has 1 aliphatic carbocycles. The molecule has 0 amide bonds. The number of benzene rings is 2. The van der Waals surface area contributed by atoms with Crippen molar-refractivity contribution in [2.24, 2.45) is 0 Å². The molecule has 0 saturated heterocycles. The maximum Gasteiger partial charge on any atom is 0.350 e. The molecule has 0 aromatic heterocycles. The van der Waals surface area contributed by atoms with Crippen LogP contribution in [0, 0.1) is 0 Å². The molecule has 4 heteroatoms. The standard InChI is InChI=1S/C18H15FO3/c19-18(17(21)22)15(20)11-14(12-7-3-1-4-8-12)16(18)13-9-5-2-6-10-13/h1-10,14,16H,11H2,(H,21,22)/t14-,16-,18+/m1/s1. The van der Waals surface area contributed by atoms with Crippen LogP contribution in [0.3, 0.4) is 0 Å². The number of halogens is 1. The van der Waals surface area contributed by atoms with E-state index in [1.807, 2.05) is 18.2 Å². The maximum absolute atomic E-state index is 15.2. The Hall–Kier alpha value is -2.49. The molecule has 0 spiro atoms. The van der Waals surface area contributed by atoms with Gasteiger partial charge in [-0.05, 0) is 11.1 Å². The number of rotatable bonds is 3. The van der Waals surface area contributed by atoms with E-state index in [1.54, 1.807) is 42.5 Å². The van der Waals surface area contributed by atoms with Crippen LogP contribution < -0.4 is 0 Å². The van der Waals surface area contributed by atoms with Crippen molar-refractivity contribution in [3.8, 4) is 0 Å². The smallest absolute Gasteiger partial charge is 0.350 e. The molecular formula is C18H15FO3. The summed E-state index contributed by atoms with van der Waals surface area (Å²) in [6.07, 6.45) is -0.105. The minimum atomic E-state index is -2.87. The van der Waals surface area contributed by atoms with Crippen LogP contribution in [0.15, 0.2) is 60.7 Å². The minimum absolute atomic E-state index is 0.105. The zero-order chi connectivity index (χ0) is 15.7. The Kier molecular flexibility index (Phi) is 3.53. The monoisotopic (exact) mass is 298 g/mol. The minimum Gasteiger partial charge on any atom is -0.479 e. The van der Waals surface area contributed by atoms with E-state index in [0.29, 0.717) is 5.56 Å². The van der Waals surface area contributed by atoms with Crippen LogP contribution >= 0.6 is 0 Å². The summed E-state index contributed by atoms with van der Waals surface area (Å²) in [4.78, 5) is 23.6. The second-order valence-electron chi connectivity index (χ2n) is 5.55. The van der Waals surface area contributed by atoms with Crippen molar-refractivity contribution in [2.75, 3.05) is 0 Å². The van der Waals surface area contributed by atoms with E-state index in [9.17, 15) is 14.7 Å². The van der Waals surface area contributed by atoms with E-state index in [1.165, 1.54) is 0 Å². The third-order valence-corrected chi connectivity index (χ3v) is 4.34. The number of carbonyl (C=O) groups is 2. The first-order valence-electron chi connectivity index (χ1n) is 7.10. The quantitative estimate of drug-likeness (QED) is 0.884. The van der Waals surface area contributed by atoms with E-state index in [4.69, 9.17) is 0 Å². The van der Waals surface area contributed by atoms with Crippen LogP contribution in [-0.4, -0.2) is 22.5 Å². The Balaban J connectivity index is 2.15. The van der Waals surface area contributed by atoms with Crippen LogP contribution in [0.4, 0.5) is 4.39 Å². The lowest BCUT2D eigenvalue weighted by Gasteiger charge is -2.26. The molecule has 3 nitrogen and oxygen atoms in total. The average molecular weight is 298 g/mol. The SMILES string of the molecule is O=C(O)[C@]1(F)C(=O)C[C@H](c2ccccc2)[C@H]1c1ccccc1. The van der Waals surface area contributed by atoms with Crippen molar-refractivity contribution in [3.05, 3.63) is 71.8 Å². The van der Waals surface area contributed by atoms with E-state index < -0.39 is 29.3 Å². The summed E-state index contributed by atoms with van der Waals surface area (Å²) in [5, 5.41) is 9.34. The Labute approximate surface area is 127 Å². The molecule has 22 heavy (non-hydrogen) atoms. The molecule has 1 aliphatic rings. The van der Waals surface area contributed by atoms with Crippen molar-refractivity contribution in [1.82, 2.24) is 0 Å². The number of carboxylic acid groups (broad SMARTS) is 1. The number of aliphatic carboxylic acids is 1. The van der Waals surface area contributed by atoms with Gasteiger partial charge in [-0.25, -0.2) is 9.18 Å². The molecule has 0 radical (unpaired) electrons. The van der Waals surface area contributed by atoms with Gasteiger partial charge in [-0.15, -0.1) is 0 Å². The average Bonchev–Trinajstić information content (AvgIpc) is 2.82. The lowest BCUT2D eigenvalue weighted by molar-refractivity contribution is -0.156. The van der Waals surface area contributed by atoms with Crippen molar-refractivity contribution in [1.29, 1.82) is 0 Å². The molecule has 1 N–H and O–H groups in total. The lowest BCUT2D eigenvalue weighted by Crippen LogP contribution is -2.43. The number of hydrogen-bond acceptors (Lipinski definition) is 2. The van der Waals surface area contributed by atoms with Crippen LogP contribution in [0.1, 0.15) is 29.4 Å². The summed E-state index contributed by atoms with van der Waals surface area (Å²) >= 11 is 0. The Bertz CT molecular complexity index is 699. The fourth-order valence-corrected chi connectivity index (χ4v) is 3.30. The van der Waals surface area contributed by atoms with E-state index >= 15 is 4.39 Å². The third-order valence-electron chi connectivity index (χ3n) is 4.34. The predicted molar refractivity (Wildman–Crippen MR) is 79.5 cm³/mol. The number of alkyl halides is 1. The molecule has 112 valence electrons. The van der Waals surface area contributed by atoms with Crippen molar-refractivity contribution in [2.45, 2.75) is 23.9 Å². The number of Topliss-reactive ketones (excluding diaryl/α,β-unsaturated/α-hetero) is 1. The number of carboxylic acids is 1. The van der Waals surface area contributed by atoms with Crippen LogP contribution in [0.2, 0.25) is 0 Å². The van der Waals surface area contributed by atoms with Gasteiger partial charge in [0.2, 0.25) is 0 Å². The zero-order valence-corrected chi connectivity index (χ0v) is 11.8. The summed E-state index contributed by atoms with van der Waals surface area (Å²) in [6.45, 7) is 0. The fourth-order valence-electron chi connectivity index (χ4n) is 3.30. The van der Waals surface area contributed by atoms with Gasteiger partial charge in [0, 0.05) is 18.3 Å². The molecule has 3 rings (SSSR count). The third kappa shape index (κ3) is 2.11. The van der Waals surface area contributed by atoms with Crippen LogP contribution in [-0.2, 0) is 9.59 Å². The number of ketones is 1. The van der Waals surface area contributed by atoms with Gasteiger partial charge in [0.05, 0.1) is 0 Å². The van der Waals surface area contributed by atoms with Crippen LogP contribution in [0.25, 0.3) is 0 Å². The maximum atomic E-state index is 15.2. The number of hydrogen-bond donors (Lipinski definition) is 1. The molecule has 0 unspecified atom stereocenters. The summed E-state index contributed by atoms with van der Waals surface area (Å²) in [5.41, 5.74) is -1.56. The molecule has 0 aliphatic heterocycles. The van der Waals surface area contributed by atoms with Gasteiger partial charge in [0.15, 0.2) is 5.78 Å². The highest BCUT2D eigenvalue weighted by atomic mass is 19.1. The molecule has 0 bridgehead atoms. The molecular weight excluding hydrogens is 283 g/mol. The Morgan fingerprint density at radius 2 is 1.50 bits per heavy atom. The van der Waals surface area contributed by atoms with Crippen molar-refractivity contribution >= 4 is 11.8 Å². The molecule has 1 fully saturated rings. The van der Waals surface area contributed by atoms with Gasteiger partial charge in [0.25, 0.3) is 5.67 Å². The highest BCUT2D eigenvalue weighted by molar-refractivity contribution is 6.10. The molecule has 3 atom stereocenters. The zero-order valence-electron chi connectivity index (χ0n) is 11.8. The van der Waals surface area contributed by atoms with Gasteiger partial charge < -0.3 is 5.11 Å². The largest absolute Gasteiger partial charge is 0.479 e. The lowest BCUT2D eigenvalue weighted by atomic mass is 9.78. The second-order valence-corrected chi connectivity index (χ2v) is 5.55. The van der Waals surface area contributed by atoms with E-state index in [2.05, 4.69) is 0 Å². The molecule has 2 aromatic carbocycles. The second kappa shape index (κ2) is 5.37. The van der Waals surface area contributed by atoms with Gasteiger partial charge >= 0.3 is 5.97 Å². The summed E-state index contributed by atoms with van der Waals surface area (Å²) in [6, 6.07) is 17.6. The van der Waals surface area contributed by atoms with Gasteiger partial charge in [-0.1, -0.05) is 60.7 Å². The van der Waals surface area contributed by atoms with Gasteiger partial charge in [0.1, 0.15) is 0 Å². The van der Waals surface area contributed by atoms with E-state index in [0.717, 1.165) is 5.56 Å². The van der Waals surface area contributed by atoms with Gasteiger partial charge in [-0.2, -0.15) is 0 Å². The Morgan fingerprint density at radius 3 is 2.00 bits per heavy atom. The number of carbonyl (C=O) groups excluding carboxylic acids is 1. The highest BCUT2D eigenvalue weighted by Crippen LogP contribution is 2.52. The first kappa shape index (κ1) is 14.4. The molecule has 0 heterocycles. The molecule has 1 saturated carbocycles. The summed E-state index contributed by atoms with van der Waals surface area (Å²) in [5.74, 6) is -4.05. The van der Waals surface area contributed by atoms with Crippen molar-refractivity contribution in [3.63, 3.8) is 0 Å². The Morgan fingerprint density at radius 1 is 1.00 bits per heavy atom. The predicted octanol–water partition coefficient (Wildman–Crippen LogP) is 3.32. The molecule has 2 aromatic rings. The van der Waals surface area contributed by atoms with E-state index in [-0.39, 0.29) is 6.42 Å². The highest BCUT2D eigenvalue weighted by Gasteiger charge is 2.62. The summed E-state index contributed by atoms with van der Waals surface area (Å²) in [7, 11) is 0. The first-order chi connectivity index (χ1) is 10.5. The normalized spacial score (nSPS) is 27.8. The fraction of sp³-hybridized carbons (Fsp3) is 0.222. The topological polar surface area (TPSA) is 54.4 Å². The van der Waals surface area contributed by atoms with Crippen LogP contribution in [0.5, 0.6) is 0 Å².